The van der Waals surface area contributed by atoms with E-state index in [2.05, 4.69) is 36.9 Å². The number of nitrogens with zero attached hydrogens (tertiary/aromatic N) is 3. The van der Waals surface area contributed by atoms with E-state index in [4.69, 9.17) is 4.99 Å². The lowest BCUT2D eigenvalue weighted by Gasteiger charge is -2.36. The van der Waals surface area contributed by atoms with Gasteiger partial charge in [0.05, 0.1) is 5.71 Å². The third-order valence-corrected chi connectivity index (χ3v) is 5.97. The molecule has 0 spiro atoms. The predicted octanol–water partition coefficient (Wildman–Crippen LogP) is 2.84. The van der Waals surface area contributed by atoms with E-state index in [1.807, 2.05) is 0 Å². The van der Waals surface area contributed by atoms with Crippen molar-refractivity contribution in [2.75, 3.05) is 13.1 Å². The molecule has 0 radical (unpaired) electrons. The first-order valence-electron chi connectivity index (χ1n) is 7.16. The van der Waals surface area contributed by atoms with E-state index < -0.39 is 0 Å². The monoisotopic (exact) mass is 243 g/mol. The molecule has 3 heteroatoms. The summed E-state index contributed by atoms with van der Waals surface area (Å²) in [4.78, 5) is 11.8. The Labute approximate surface area is 109 Å². The molecule has 2 atom stereocenters. The zero-order valence-corrected chi connectivity index (χ0v) is 11.5. The highest BCUT2D eigenvalue weighted by Gasteiger charge is 2.63. The van der Waals surface area contributed by atoms with Crippen LogP contribution < -0.4 is 0 Å². The number of allylic oxidation sites excluding steroid dienone is 1. The van der Waals surface area contributed by atoms with Gasteiger partial charge in [-0.3, -0.25) is 4.99 Å². The van der Waals surface area contributed by atoms with Crippen LogP contribution in [-0.4, -0.2) is 29.7 Å². The fourth-order valence-corrected chi connectivity index (χ4v) is 4.39. The van der Waals surface area contributed by atoms with Crippen molar-refractivity contribution in [3.63, 3.8) is 0 Å². The summed E-state index contributed by atoms with van der Waals surface area (Å²) < 4.78 is 0. The van der Waals surface area contributed by atoms with Gasteiger partial charge in [-0.2, -0.15) is 0 Å². The fourth-order valence-electron chi connectivity index (χ4n) is 4.39. The average Bonchev–Trinajstić information content (AvgIpc) is 2.68. The molecule has 2 fully saturated rings. The van der Waals surface area contributed by atoms with Crippen LogP contribution in [-0.2, 0) is 0 Å². The second-order valence-electron chi connectivity index (χ2n) is 6.92. The van der Waals surface area contributed by atoms with Crippen molar-refractivity contribution in [1.29, 1.82) is 0 Å². The highest BCUT2D eigenvalue weighted by atomic mass is 15.3. The Morgan fingerprint density at radius 2 is 2.17 bits per heavy atom. The van der Waals surface area contributed by atoms with Gasteiger partial charge in [0.15, 0.2) is 0 Å². The van der Waals surface area contributed by atoms with Gasteiger partial charge in [-0.15, -0.1) is 0 Å². The van der Waals surface area contributed by atoms with Crippen molar-refractivity contribution in [3.05, 3.63) is 11.8 Å². The van der Waals surface area contributed by atoms with E-state index in [1.54, 1.807) is 0 Å². The van der Waals surface area contributed by atoms with E-state index in [9.17, 15) is 0 Å². The molecule has 4 aliphatic rings. The van der Waals surface area contributed by atoms with Gasteiger partial charge < -0.3 is 4.90 Å². The van der Waals surface area contributed by atoms with E-state index in [0.29, 0.717) is 11.3 Å². The summed E-state index contributed by atoms with van der Waals surface area (Å²) >= 11 is 0. The quantitative estimate of drug-likeness (QED) is 0.643. The van der Waals surface area contributed by atoms with Crippen LogP contribution in [0, 0.1) is 16.7 Å². The number of rotatable bonds is 0. The lowest BCUT2D eigenvalue weighted by atomic mass is 9.70. The Kier molecular flexibility index (Phi) is 1.83. The van der Waals surface area contributed by atoms with Crippen molar-refractivity contribution in [2.45, 2.75) is 40.0 Å². The van der Waals surface area contributed by atoms with Crippen molar-refractivity contribution in [3.8, 4) is 0 Å². The highest BCUT2D eigenvalue weighted by molar-refractivity contribution is 6.15. The first kappa shape index (κ1) is 10.8. The second kappa shape index (κ2) is 3.06. The molecule has 0 N–H and O–H groups in total. The van der Waals surface area contributed by atoms with Gasteiger partial charge in [0.2, 0.25) is 5.96 Å². The van der Waals surface area contributed by atoms with E-state index in [0.717, 1.165) is 25.5 Å². The molecule has 0 aromatic heterocycles. The topological polar surface area (TPSA) is 28.0 Å². The lowest BCUT2D eigenvalue weighted by Crippen LogP contribution is -2.39. The van der Waals surface area contributed by atoms with Crippen molar-refractivity contribution < 1.29 is 0 Å². The summed E-state index contributed by atoms with van der Waals surface area (Å²) in [6.45, 7) is 9.28. The van der Waals surface area contributed by atoms with Crippen LogP contribution in [0.3, 0.4) is 0 Å². The highest BCUT2D eigenvalue weighted by Crippen LogP contribution is 2.66. The largest absolute Gasteiger partial charge is 0.317 e. The smallest absolute Gasteiger partial charge is 0.224 e. The minimum atomic E-state index is 0.259. The Morgan fingerprint density at radius 1 is 1.33 bits per heavy atom. The Balaban J connectivity index is 1.89. The van der Waals surface area contributed by atoms with Crippen LogP contribution in [0.4, 0.5) is 0 Å². The standard InChI is InChI=1S/C15H21N3/c1-14(2)11-5-6-15(14,3)12-10(11)9-18-8-4-7-16-13(18)17-12/h9,11H,4-8H2,1-3H3. The molecule has 2 heterocycles. The Hall–Kier alpha value is -1.12. The first-order chi connectivity index (χ1) is 8.54. The van der Waals surface area contributed by atoms with E-state index >= 15 is 0 Å². The predicted molar refractivity (Wildman–Crippen MR) is 73.8 cm³/mol. The second-order valence-corrected chi connectivity index (χ2v) is 6.92. The van der Waals surface area contributed by atoms with Gasteiger partial charge in [-0.1, -0.05) is 20.8 Å². The molecule has 0 aromatic carbocycles. The van der Waals surface area contributed by atoms with Crippen LogP contribution in [0.2, 0.25) is 0 Å². The zero-order chi connectivity index (χ0) is 12.5. The number of guanidine groups is 1. The third kappa shape index (κ3) is 1.03. The average molecular weight is 243 g/mol. The maximum absolute atomic E-state index is 4.94. The molecular weight excluding hydrogens is 222 g/mol. The summed E-state index contributed by atoms with van der Waals surface area (Å²) in [7, 11) is 0. The van der Waals surface area contributed by atoms with E-state index in [-0.39, 0.29) is 5.41 Å². The SMILES string of the molecule is CC12CCC(C3=CN4CCCN=C4N=C31)C2(C)C. The molecule has 2 unspecified atom stereocenters. The molecule has 2 aliphatic heterocycles. The minimum Gasteiger partial charge on any atom is -0.317 e. The van der Waals surface area contributed by atoms with Crippen LogP contribution in [0.1, 0.15) is 40.0 Å². The molecule has 2 aliphatic carbocycles. The number of hydrogen-bond acceptors (Lipinski definition) is 3. The Bertz CT molecular complexity index is 512. The lowest BCUT2D eigenvalue weighted by molar-refractivity contribution is 0.202. The molecule has 18 heavy (non-hydrogen) atoms. The van der Waals surface area contributed by atoms with Crippen molar-refractivity contribution >= 4 is 11.7 Å². The van der Waals surface area contributed by atoms with Crippen LogP contribution in [0.25, 0.3) is 0 Å². The molecule has 96 valence electrons. The summed E-state index contributed by atoms with van der Waals surface area (Å²) in [5.41, 5.74) is 3.47. The molecule has 4 rings (SSSR count). The fraction of sp³-hybridized carbons (Fsp3) is 0.733. The molecule has 2 bridgehead atoms. The molecule has 2 saturated carbocycles. The summed E-state index contributed by atoms with van der Waals surface area (Å²) in [6.07, 6.45) is 6.13. The zero-order valence-electron chi connectivity index (χ0n) is 11.5. The van der Waals surface area contributed by atoms with Gasteiger partial charge in [0.1, 0.15) is 0 Å². The van der Waals surface area contributed by atoms with Gasteiger partial charge in [0.25, 0.3) is 0 Å². The van der Waals surface area contributed by atoms with Gasteiger partial charge in [-0.25, -0.2) is 4.99 Å². The van der Waals surface area contributed by atoms with Crippen LogP contribution >= 0.6 is 0 Å². The summed E-state index contributed by atoms with van der Waals surface area (Å²) in [5.74, 6) is 1.66. The minimum absolute atomic E-state index is 0.259. The Morgan fingerprint density at radius 3 is 3.00 bits per heavy atom. The van der Waals surface area contributed by atoms with Crippen LogP contribution in [0.15, 0.2) is 21.8 Å². The first-order valence-corrected chi connectivity index (χ1v) is 7.16. The molecular formula is C15H21N3. The van der Waals surface area contributed by atoms with E-state index in [1.165, 1.54) is 24.1 Å². The molecule has 0 aromatic rings. The van der Waals surface area contributed by atoms with Crippen molar-refractivity contribution in [2.24, 2.45) is 26.7 Å². The summed E-state index contributed by atoms with van der Waals surface area (Å²) in [6, 6.07) is 0. The van der Waals surface area contributed by atoms with Crippen molar-refractivity contribution in [1.82, 2.24) is 4.90 Å². The number of hydrogen-bond donors (Lipinski definition) is 0. The maximum atomic E-state index is 4.94. The van der Waals surface area contributed by atoms with Crippen LogP contribution in [0.5, 0.6) is 0 Å². The normalized spacial score (nSPS) is 39.8. The molecule has 3 nitrogen and oxygen atoms in total. The number of fused-ring (bicyclic) bond motifs is 6. The van der Waals surface area contributed by atoms with Gasteiger partial charge >= 0.3 is 0 Å². The molecule has 0 amide bonds. The van der Waals surface area contributed by atoms with Gasteiger partial charge in [-0.05, 0) is 36.2 Å². The summed E-state index contributed by atoms with van der Waals surface area (Å²) in [5, 5.41) is 0. The van der Waals surface area contributed by atoms with Gasteiger partial charge in [0, 0.05) is 24.7 Å². The third-order valence-electron chi connectivity index (χ3n) is 5.97. The maximum Gasteiger partial charge on any atom is 0.224 e. The molecule has 0 saturated heterocycles. The number of aliphatic imine (C=N–C) groups is 2.